The average molecular weight is 556 g/mol. The molecule has 2 fully saturated rings. The van der Waals surface area contributed by atoms with Gasteiger partial charge in [-0.2, -0.15) is 24.9 Å². The van der Waals surface area contributed by atoms with E-state index in [1.165, 1.54) is 11.0 Å². The predicted molar refractivity (Wildman–Crippen MR) is 146 cm³/mol. The van der Waals surface area contributed by atoms with Gasteiger partial charge in [0.1, 0.15) is 12.2 Å². The Hall–Kier alpha value is -2.85. The first-order valence-electron chi connectivity index (χ1n) is 13.4. The van der Waals surface area contributed by atoms with Crippen LogP contribution in [0.1, 0.15) is 77.0 Å². The Labute approximate surface area is 230 Å². The van der Waals surface area contributed by atoms with Gasteiger partial charge in [0.25, 0.3) is 5.91 Å². The molecule has 2 unspecified atom stereocenters. The highest BCUT2D eigenvalue weighted by molar-refractivity contribution is 7.99. The molecule has 2 aromatic carbocycles. The molecule has 10 heteroatoms. The number of alkyl halides is 3. The number of amides is 1. The maximum atomic E-state index is 14.2. The highest BCUT2D eigenvalue weighted by Crippen LogP contribution is 2.43. The van der Waals surface area contributed by atoms with Gasteiger partial charge in [0, 0.05) is 36.3 Å². The van der Waals surface area contributed by atoms with Crippen molar-refractivity contribution in [1.29, 1.82) is 0 Å². The molecule has 1 N–H and O–H groups in total. The van der Waals surface area contributed by atoms with Crippen LogP contribution in [0.3, 0.4) is 0 Å². The van der Waals surface area contributed by atoms with Gasteiger partial charge in [0.2, 0.25) is 0 Å². The molecular weight excluding hydrogens is 523 g/mol. The van der Waals surface area contributed by atoms with Crippen molar-refractivity contribution in [3.05, 3.63) is 76.4 Å². The molecule has 3 aromatic rings. The van der Waals surface area contributed by atoms with Crippen molar-refractivity contribution in [1.82, 2.24) is 20.1 Å². The quantitative estimate of drug-likeness (QED) is 0.393. The minimum absolute atomic E-state index is 0.0104. The van der Waals surface area contributed by atoms with E-state index in [0.717, 1.165) is 48.6 Å². The molecule has 3 heterocycles. The van der Waals surface area contributed by atoms with E-state index < -0.39 is 17.6 Å². The van der Waals surface area contributed by atoms with Gasteiger partial charge in [-0.3, -0.25) is 4.79 Å². The van der Waals surface area contributed by atoms with Gasteiger partial charge in [-0.15, -0.1) is 10.2 Å². The normalized spacial score (nSPS) is 21.2. The number of rotatable bonds is 7. The second-order valence-corrected chi connectivity index (χ2v) is 12.5. The topological polar surface area (TPSA) is 63.1 Å². The number of aryl methyl sites for hydroxylation is 1. The molecule has 39 heavy (non-hydrogen) atoms. The van der Waals surface area contributed by atoms with Gasteiger partial charge < -0.3 is 14.8 Å². The number of carbonyl (C=O) groups is 1. The van der Waals surface area contributed by atoms with Crippen LogP contribution in [0, 0.1) is 5.92 Å². The lowest BCUT2D eigenvalue weighted by Gasteiger charge is -2.39. The Kier molecular flexibility index (Phi) is 6.74. The van der Waals surface area contributed by atoms with E-state index in [9.17, 15) is 18.0 Å². The molecule has 206 valence electrons. The molecule has 3 aliphatic rings. The Balaban J connectivity index is 1.33. The Morgan fingerprint density at radius 3 is 2.69 bits per heavy atom. The monoisotopic (exact) mass is 555 g/mol. The van der Waals surface area contributed by atoms with Gasteiger partial charge in [0.15, 0.2) is 0 Å². The molecule has 6 nitrogen and oxygen atoms in total. The number of hydrogen-bond donors (Lipinski definition) is 1. The number of benzene rings is 2. The molecule has 1 amide bonds. The van der Waals surface area contributed by atoms with Gasteiger partial charge >= 0.3 is 6.18 Å². The largest absolute Gasteiger partial charge is 0.416 e. The molecule has 1 aromatic heterocycles. The average Bonchev–Trinajstić information content (AvgIpc) is 3.63. The van der Waals surface area contributed by atoms with E-state index in [2.05, 4.69) is 22.4 Å². The minimum atomic E-state index is -4.55. The maximum Gasteiger partial charge on any atom is 0.416 e. The van der Waals surface area contributed by atoms with Gasteiger partial charge in [0.05, 0.1) is 12.1 Å². The fourth-order valence-electron chi connectivity index (χ4n) is 6.14. The number of halogens is 3. The second-order valence-electron chi connectivity index (χ2n) is 11.3. The van der Waals surface area contributed by atoms with Crippen molar-refractivity contribution in [3.63, 3.8) is 0 Å². The zero-order valence-electron chi connectivity index (χ0n) is 22.1. The minimum Gasteiger partial charge on any atom is -0.320 e. The third-order valence-corrected chi connectivity index (χ3v) is 9.77. The standard InChI is InChI=1S/C29H32F3N5OS/c1-28(8-4-9-28)33-14-18-11-22-23(24(12-18)29(30,31)32)15-37(27(22)38)21-6-3-5-19(13-21)25(20-7-10-39-16-20)26-35-34-17-36(26)2/h3,5-6,11-13,17,20,25,33H,4,7-10,14-16H2,1-2H3. The van der Waals surface area contributed by atoms with Crippen molar-refractivity contribution in [3.8, 4) is 0 Å². The number of nitrogens with one attached hydrogen (secondary N) is 1. The fourth-order valence-corrected chi connectivity index (χ4v) is 7.44. The first-order valence-corrected chi connectivity index (χ1v) is 14.6. The molecule has 2 atom stereocenters. The van der Waals surface area contributed by atoms with Crippen LogP contribution in [-0.4, -0.2) is 37.7 Å². The number of nitrogens with zero attached hydrogens (tertiary/aromatic N) is 4. The van der Waals surface area contributed by atoms with Crippen molar-refractivity contribution in [2.45, 2.75) is 63.3 Å². The summed E-state index contributed by atoms with van der Waals surface area (Å²) >= 11 is 1.91. The summed E-state index contributed by atoms with van der Waals surface area (Å²) < 4.78 is 44.5. The van der Waals surface area contributed by atoms with E-state index in [0.29, 0.717) is 23.7 Å². The molecule has 6 rings (SSSR count). The van der Waals surface area contributed by atoms with Crippen LogP contribution in [0.4, 0.5) is 18.9 Å². The molecule has 1 saturated heterocycles. The first-order chi connectivity index (χ1) is 18.6. The number of aromatic nitrogens is 3. The molecule has 0 spiro atoms. The smallest absolute Gasteiger partial charge is 0.320 e. The zero-order valence-corrected chi connectivity index (χ0v) is 22.9. The van der Waals surface area contributed by atoms with Crippen molar-refractivity contribution < 1.29 is 18.0 Å². The fraction of sp³-hybridized carbons (Fsp3) is 0.483. The molecule has 0 bridgehead atoms. The summed E-state index contributed by atoms with van der Waals surface area (Å²) in [6.45, 7) is 2.28. The SMILES string of the molecule is Cn1cnnc1C(c1cccc(N2Cc3c(cc(CNC4(C)CCC4)cc3C(F)(F)F)C2=O)c1)C1CCSC1. The summed E-state index contributed by atoms with van der Waals surface area (Å²) in [6, 6.07) is 10.5. The van der Waals surface area contributed by atoms with E-state index >= 15 is 0 Å². The Morgan fingerprint density at radius 1 is 1.23 bits per heavy atom. The van der Waals surface area contributed by atoms with E-state index in [4.69, 9.17) is 0 Å². The number of carbonyl (C=O) groups excluding carboxylic acids is 1. The number of fused-ring (bicyclic) bond motifs is 1. The molecule has 2 aliphatic heterocycles. The summed E-state index contributed by atoms with van der Waals surface area (Å²) in [5, 5.41) is 11.9. The third kappa shape index (κ3) is 4.97. The van der Waals surface area contributed by atoms with Crippen LogP contribution in [-0.2, 0) is 26.3 Å². The van der Waals surface area contributed by atoms with Crippen LogP contribution < -0.4 is 10.2 Å². The molecule has 1 aliphatic carbocycles. The summed E-state index contributed by atoms with van der Waals surface area (Å²) in [5.41, 5.74) is 1.50. The van der Waals surface area contributed by atoms with Crippen molar-refractivity contribution >= 4 is 23.4 Å². The van der Waals surface area contributed by atoms with Crippen LogP contribution in [0.2, 0.25) is 0 Å². The lowest BCUT2D eigenvalue weighted by Crippen LogP contribution is -2.47. The van der Waals surface area contributed by atoms with Gasteiger partial charge in [-0.05, 0) is 91.0 Å². The second kappa shape index (κ2) is 9.96. The maximum absolute atomic E-state index is 14.2. The Bertz CT molecular complexity index is 1390. The zero-order chi connectivity index (χ0) is 27.4. The number of thioether (sulfide) groups is 1. The van der Waals surface area contributed by atoms with Gasteiger partial charge in [-0.1, -0.05) is 12.1 Å². The van der Waals surface area contributed by atoms with Crippen LogP contribution in [0.5, 0.6) is 0 Å². The number of hydrogen-bond acceptors (Lipinski definition) is 5. The number of anilines is 1. The van der Waals surface area contributed by atoms with Crippen molar-refractivity contribution in [2.75, 3.05) is 16.4 Å². The highest BCUT2D eigenvalue weighted by Gasteiger charge is 2.41. The van der Waals surface area contributed by atoms with Crippen LogP contribution in [0.25, 0.3) is 0 Å². The highest BCUT2D eigenvalue weighted by atomic mass is 32.2. The third-order valence-electron chi connectivity index (χ3n) is 8.59. The first kappa shape index (κ1) is 26.4. The lowest BCUT2D eigenvalue weighted by atomic mass is 9.78. The molecule has 1 saturated carbocycles. The lowest BCUT2D eigenvalue weighted by molar-refractivity contribution is -0.138. The summed E-state index contributed by atoms with van der Waals surface area (Å²) in [4.78, 5) is 15.1. The summed E-state index contributed by atoms with van der Waals surface area (Å²) in [6.07, 6.45) is 1.31. The van der Waals surface area contributed by atoms with Crippen LogP contribution in [0.15, 0.2) is 42.7 Å². The van der Waals surface area contributed by atoms with Crippen molar-refractivity contribution in [2.24, 2.45) is 13.0 Å². The van der Waals surface area contributed by atoms with E-state index in [1.54, 1.807) is 18.5 Å². The van der Waals surface area contributed by atoms with E-state index in [1.807, 2.05) is 41.6 Å². The summed E-state index contributed by atoms with van der Waals surface area (Å²) in [5.74, 6) is 2.90. The summed E-state index contributed by atoms with van der Waals surface area (Å²) in [7, 11) is 1.92. The van der Waals surface area contributed by atoms with Gasteiger partial charge in [-0.25, -0.2) is 0 Å². The Morgan fingerprint density at radius 2 is 2.05 bits per heavy atom. The van der Waals surface area contributed by atoms with Crippen LogP contribution >= 0.6 is 11.8 Å². The molecule has 0 radical (unpaired) electrons. The molecular formula is C29H32F3N5OS. The van der Waals surface area contributed by atoms with E-state index in [-0.39, 0.29) is 29.1 Å². The predicted octanol–water partition coefficient (Wildman–Crippen LogP) is 5.91.